The zero-order chi connectivity index (χ0) is 14.5. The predicted octanol–water partition coefficient (Wildman–Crippen LogP) is 1.80. The number of benzene rings is 1. The molecule has 1 N–H and O–H groups in total. The monoisotopic (exact) mass is 288 g/mol. The first-order valence-corrected chi connectivity index (χ1v) is 7.97. The number of carbonyl (C=O) groups excluding carboxylic acids is 1. The van der Waals surface area contributed by atoms with Gasteiger partial charge in [-0.15, -0.1) is 0 Å². The number of amides is 1. The lowest BCUT2D eigenvalue weighted by molar-refractivity contribution is -0.128. The molecule has 1 saturated carbocycles. The molecule has 1 aromatic rings. The number of hydrogen-bond acceptors (Lipinski definition) is 3. The number of morpholine rings is 1. The van der Waals surface area contributed by atoms with Gasteiger partial charge in [0.25, 0.3) is 0 Å². The minimum absolute atomic E-state index is 0.117. The number of rotatable bonds is 5. The molecular weight excluding hydrogens is 264 g/mol. The Hall–Kier alpha value is -1.39. The molecule has 0 radical (unpaired) electrons. The summed E-state index contributed by atoms with van der Waals surface area (Å²) in [6, 6.07) is 10.5. The summed E-state index contributed by atoms with van der Waals surface area (Å²) in [5, 5.41) is 3.05. The van der Waals surface area contributed by atoms with Crippen LogP contribution in [0.5, 0.6) is 0 Å². The van der Waals surface area contributed by atoms with Crippen LogP contribution in [0.15, 0.2) is 30.3 Å². The smallest absolute Gasteiger partial charge is 0.223 e. The fourth-order valence-electron chi connectivity index (χ4n) is 2.92. The molecule has 2 fully saturated rings. The zero-order valence-corrected chi connectivity index (χ0v) is 12.5. The topological polar surface area (TPSA) is 41.6 Å². The van der Waals surface area contributed by atoms with Gasteiger partial charge in [0.15, 0.2) is 0 Å². The van der Waals surface area contributed by atoms with Gasteiger partial charge in [-0.1, -0.05) is 36.8 Å². The van der Waals surface area contributed by atoms with Crippen LogP contribution in [0.3, 0.4) is 0 Å². The molecular formula is C17H24N2O2. The summed E-state index contributed by atoms with van der Waals surface area (Å²) < 4.78 is 5.77. The average molecular weight is 288 g/mol. The first-order chi connectivity index (χ1) is 10.3. The third kappa shape index (κ3) is 4.05. The van der Waals surface area contributed by atoms with Gasteiger partial charge in [0.05, 0.1) is 12.7 Å². The summed E-state index contributed by atoms with van der Waals surface area (Å²) in [7, 11) is 0. The van der Waals surface area contributed by atoms with Crippen molar-refractivity contribution in [3.8, 4) is 0 Å². The minimum Gasteiger partial charge on any atom is -0.374 e. The maximum atomic E-state index is 11.9. The van der Waals surface area contributed by atoms with E-state index in [9.17, 15) is 4.79 Å². The van der Waals surface area contributed by atoms with E-state index in [1.165, 1.54) is 12.0 Å². The summed E-state index contributed by atoms with van der Waals surface area (Å²) >= 11 is 0. The highest BCUT2D eigenvalue weighted by Gasteiger charge is 2.26. The Kier molecular flexibility index (Phi) is 4.88. The van der Waals surface area contributed by atoms with E-state index in [1.54, 1.807) is 0 Å². The van der Waals surface area contributed by atoms with E-state index in [0.717, 1.165) is 39.1 Å². The molecule has 1 saturated heterocycles. The average Bonchev–Trinajstić information content (AvgIpc) is 2.45. The van der Waals surface area contributed by atoms with Gasteiger partial charge in [0.2, 0.25) is 5.91 Å². The molecule has 4 nitrogen and oxygen atoms in total. The summed E-state index contributed by atoms with van der Waals surface area (Å²) in [5.74, 6) is 0.471. The van der Waals surface area contributed by atoms with Gasteiger partial charge in [0, 0.05) is 32.1 Å². The Morgan fingerprint density at radius 2 is 2.10 bits per heavy atom. The SMILES string of the molecule is O=C(NC[C@@H]1CN(Cc2ccccc2)CCO1)C1CCC1. The van der Waals surface area contributed by atoms with Gasteiger partial charge in [0.1, 0.15) is 0 Å². The molecule has 4 heteroatoms. The second-order valence-electron chi connectivity index (χ2n) is 6.09. The van der Waals surface area contributed by atoms with Gasteiger partial charge in [-0.3, -0.25) is 9.69 Å². The van der Waals surface area contributed by atoms with Crippen molar-refractivity contribution >= 4 is 5.91 Å². The highest BCUT2D eigenvalue weighted by Crippen LogP contribution is 2.26. The third-order valence-corrected chi connectivity index (χ3v) is 4.45. The summed E-state index contributed by atoms with van der Waals surface area (Å²) in [5.41, 5.74) is 1.33. The van der Waals surface area contributed by atoms with Gasteiger partial charge < -0.3 is 10.1 Å². The highest BCUT2D eigenvalue weighted by molar-refractivity contribution is 5.79. The number of nitrogens with one attached hydrogen (secondary N) is 1. The molecule has 2 aliphatic rings. The maximum Gasteiger partial charge on any atom is 0.223 e. The van der Waals surface area contributed by atoms with Gasteiger partial charge in [-0.25, -0.2) is 0 Å². The molecule has 1 atom stereocenters. The Balaban J connectivity index is 1.43. The molecule has 1 aliphatic heterocycles. The molecule has 0 unspecified atom stereocenters. The number of nitrogens with zero attached hydrogens (tertiary/aromatic N) is 1. The van der Waals surface area contributed by atoms with Gasteiger partial charge >= 0.3 is 0 Å². The van der Waals surface area contributed by atoms with E-state index < -0.39 is 0 Å². The van der Waals surface area contributed by atoms with Crippen LogP contribution in [0.1, 0.15) is 24.8 Å². The van der Waals surface area contributed by atoms with Crippen LogP contribution in [0.2, 0.25) is 0 Å². The summed E-state index contributed by atoms with van der Waals surface area (Å²) in [6.07, 6.45) is 3.42. The van der Waals surface area contributed by atoms with Crippen molar-refractivity contribution < 1.29 is 9.53 Å². The van der Waals surface area contributed by atoms with E-state index in [4.69, 9.17) is 4.74 Å². The minimum atomic E-state index is 0.117. The van der Waals surface area contributed by atoms with Crippen molar-refractivity contribution in [2.45, 2.75) is 31.9 Å². The molecule has 1 aromatic carbocycles. The molecule has 0 aromatic heterocycles. The molecule has 1 aliphatic carbocycles. The first kappa shape index (κ1) is 14.5. The maximum absolute atomic E-state index is 11.9. The number of hydrogen-bond donors (Lipinski definition) is 1. The van der Waals surface area contributed by atoms with E-state index in [1.807, 2.05) is 6.07 Å². The fraction of sp³-hybridized carbons (Fsp3) is 0.588. The zero-order valence-electron chi connectivity index (χ0n) is 12.5. The van der Waals surface area contributed by atoms with Crippen molar-refractivity contribution in [2.24, 2.45) is 5.92 Å². The van der Waals surface area contributed by atoms with Crippen LogP contribution in [-0.4, -0.2) is 43.2 Å². The van der Waals surface area contributed by atoms with Crippen molar-refractivity contribution in [3.63, 3.8) is 0 Å². The van der Waals surface area contributed by atoms with Crippen LogP contribution < -0.4 is 5.32 Å². The first-order valence-electron chi connectivity index (χ1n) is 7.97. The Labute approximate surface area is 126 Å². The Bertz CT molecular complexity index is 459. The van der Waals surface area contributed by atoms with Crippen LogP contribution >= 0.6 is 0 Å². The molecule has 21 heavy (non-hydrogen) atoms. The van der Waals surface area contributed by atoms with Gasteiger partial charge in [-0.05, 0) is 18.4 Å². The Morgan fingerprint density at radius 3 is 2.81 bits per heavy atom. The lowest BCUT2D eigenvalue weighted by Gasteiger charge is -2.33. The number of carbonyl (C=O) groups is 1. The van der Waals surface area contributed by atoms with E-state index >= 15 is 0 Å². The molecule has 114 valence electrons. The largest absolute Gasteiger partial charge is 0.374 e. The van der Waals surface area contributed by atoms with Crippen molar-refractivity contribution in [2.75, 3.05) is 26.2 Å². The Morgan fingerprint density at radius 1 is 1.29 bits per heavy atom. The van der Waals surface area contributed by atoms with E-state index in [2.05, 4.69) is 34.5 Å². The second kappa shape index (κ2) is 7.05. The number of ether oxygens (including phenoxy) is 1. The predicted molar refractivity (Wildman–Crippen MR) is 81.8 cm³/mol. The van der Waals surface area contributed by atoms with Crippen LogP contribution in [0.4, 0.5) is 0 Å². The quantitative estimate of drug-likeness (QED) is 0.898. The second-order valence-corrected chi connectivity index (χ2v) is 6.09. The van der Waals surface area contributed by atoms with Crippen LogP contribution in [0.25, 0.3) is 0 Å². The molecule has 3 rings (SSSR count). The van der Waals surface area contributed by atoms with Crippen molar-refractivity contribution in [1.82, 2.24) is 10.2 Å². The standard InChI is InChI=1S/C17H24N2O2/c20-17(15-7-4-8-15)18-11-16-13-19(9-10-21-16)12-14-5-2-1-3-6-14/h1-3,5-6,15-16H,4,7-13H2,(H,18,20)/t16-/m1/s1. The molecule has 0 bridgehead atoms. The molecule has 1 amide bonds. The van der Waals surface area contributed by atoms with Crippen molar-refractivity contribution in [3.05, 3.63) is 35.9 Å². The fourth-order valence-corrected chi connectivity index (χ4v) is 2.92. The third-order valence-electron chi connectivity index (χ3n) is 4.45. The van der Waals surface area contributed by atoms with Crippen molar-refractivity contribution in [1.29, 1.82) is 0 Å². The van der Waals surface area contributed by atoms with E-state index in [0.29, 0.717) is 6.54 Å². The summed E-state index contributed by atoms with van der Waals surface area (Å²) in [6.45, 7) is 4.19. The highest BCUT2D eigenvalue weighted by atomic mass is 16.5. The molecule has 0 spiro atoms. The van der Waals surface area contributed by atoms with E-state index in [-0.39, 0.29) is 17.9 Å². The molecule has 1 heterocycles. The van der Waals surface area contributed by atoms with Gasteiger partial charge in [-0.2, -0.15) is 0 Å². The normalized spacial score (nSPS) is 23.5. The lowest BCUT2D eigenvalue weighted by Crippen LogP contribution is -2.48. The van der Waals surface area contributed by atoms with Crippen LogP contribution in [-0.2, 0) is 16.1 Å². The lowest BCUT2D eigenvalue weighted by atomic mass is 9.85. The van der Waals surface area contributed by atoms with Crippen LogP contribution in [0, 0.1) is 5.92 Å². The summed E-state index contributed by atoms with van der Waals surface area (Å²) in [4.78, 5) is 14.3.